The molecule has 0 N–H and O–H groups in total. The van der Waals surface area contributed by atoms with Crippen LogP contribution < -0.4 is 10.2 Å². The molecule has 0 amide bonds. The first-order valence-corrected chi connectivity index (χ1v) is 7.30. The van der Waals surface area contributed by atoms with Crippen molar-refractivity contribution >= 4 is 16.9 Å². The van der Waals surface area contributed by atoms with Gasteiger partial charge in [0.15, 0.2) is 5.76 Å². The summed E-state index contributed by atoms with van der Waals surface area (Å²) >= 11 is 0. The van der Waals surface area contributed by atoms with Gasteiger partial charge in [-0.1, -0.05) is 19.9 Å². The summed E-state index contributed by atoms with van der Waals surface area (Å²) in [5.41, 5.74) is 0.982. The van der Waals surface area contributed by atoms with Gasteiger partial charge in [0.1, 0.15) is 5.58 Å². The lowest BCUT2D eigenvalue weighted by molar-refractivity contribution is -0.137. The van der Waals surface area contributed by atoms with Gasteiger partial charge >= 0.3 is 5.97 Å². The Morgan fingerprint density at radius 1 is 1.22 bits per heavy atom. The number of hydrogen-bond acceptors (Lipinski definition) is 5. The van der Waals surface area contributed by atoms with Crippen molar-refractivity contribution in [3.05, 3.63) is 52.4 Å². The number of carbonyl (C=O) groups is 1. The van der Waals surface area contributed by atoms with Gasteiger partial charge in [-0.3, -0.25) is 9.59 Å². The number of ether oxygens (including phenoxy) is 1. The van der Waals surface area contributed by atoms with Crippen LogP contribution in [0.15, 0.2) is 50.2 Å². The fraction of sp³-hybridized carbons (Fsp3) is 0.222. The molecule has 1 aromatic carbocycles. The predicted molar refractivity (Wildman–Crippen MR) is 85.4 cm³/mol. The van der Waals surface area contributed by atoms with Gasteiger partial charge in [-0.05, 0) is 36.8 Å². The summed E-state index contributed by atoms with van der Waals surface area (Å²) in [6.07, 6.45) is 1.46. The normalized spacial score (nSPS) is 11.1. The van der Waals surface area contributed by atoms with Crippen LogP contribution in [-0.2, 0) is 4.79 Å². The van der Waals surface area contributed by atoms with E-state index in [0.717, 1.165) is 5.56 Å². The minimum Gasteiger partial charge on any atom is -0.461 e. The molecular formula is C18H16O5. The highest BCUT2D eigenvalue weighted by molar-refractivity contribution is 5.84. The van der Waals surface area contributed by atoms with Crippen LogP contribution in [0.5, 0.6) is 5.75 Å². The lowest BCUT2D eigenvalue weighted by atomic mass is 10.1. The molecule has 0 spiro atoms. The molecule has 5 heteroatoms. The molecule has 0 saturated heterocycles. The van der Waals surface area contributed by atoms with E-state index >= 15 is 0 Å². The summed E-state index contributed by atoms with van der Waals surface area (Å²) in [7, 11) is 0. The topological polar surface area (TPSA) is 69.7 Å². The average molecular weight is 312 g/mol. The van der Waals surface area contributed by atoms with Gasteiger partial charge in [0, 0.05) is 0 Å². The highest BCUT2D eigenvalue weighted by Crippen LogP contribution is 2.31. The zero-order valence-corrected chi connectivity index (χ0v) is 13.1. The lowest BCUT2D eigenvalue weighted by Gasteiger charge is -2.10. The van der Waals surface area contributed by atoms with E-state index in [9.17, 15) is 9.59 Å². The van der Waals surface area contributed by atoms with Crippen molar-refractivity contribution in [3.63, 3.8) is 0 Å². The summed E-state index contributed by atoms with van der Waals surface area (Å²) in [5, 5.41) is 0.359. The van der Waals surface area contributed by atoms with E-state index < -0.39 is 11.4 Å². The van der Waals surface area contributed by atoms with Crippen LogP contribution in [0.1, 0.15) is 19.4 Å². The SMILES string of the molecule is Cc1ccc2c(=O)c(OC(=O)C(C)C)c(-c3ccco3)oc2c1. The van der Waals surface area contributed by atoms with Crippen LogP contribution in [-0.4, -0.2) is 5.97 Å². The molecule has 5 nitrogen and oxygen atoms in total. The highest BCUT2D eigenvalue weighted by Gasteiger charge is 2.23. The van der Waals surface area contributed by atoms with Gasteiger partial charge in [-0.15, -0.1) is 0 Å². The summed E-state index contributed by atoms with van der Waals surface area (Å²) in [6, 6.07) is 8.54. The lowest BCUT2D eigenvalue weighted by Crippen LogP contribution is -2.20. The quantitative estimate of drug-likeness (QED) is 0.685. The second kappa shape index (κ2) is 5.76. The first-order valence-electron chi connectivity index (χ1n) is 7.30. The molecule has 23 heavy (non-hydrogen) atoms. The van der Waals surface area contributed by atoms with Gasteiger partial charge in [0.25, 0.3) is 0 Å². The van der Waals surface area contributed by atoms with Crippen LogP contribution in [0.3, 0.4) is 0 Å². The fourth-order valence-corrected chi connectivity index (χ4v) is 2.16. The maximum absolute atomic E-state index is 12.7. The molecule has 0 bridgehead atoms. The Morgan fingerprint density at radius 3 is 2.65 bits per heavy atom. The monoisotopic (exact) mass is 312 g/mol. The van der Waals surface area contributed by atoms with E-state index in [0.29, 0.717) is 16.7 Å². The number of hydrogen-bond donors (Lipinski definition) is 0. The van der Waals surface area contributed by atoms with E-state index in [4.69, 9.17) is 13.6 Å². The molecule has 0 fully saturated rings. The number of carbonyl (C=O) groups excluding carboxylic acids is 1. The molecular weight excluding hydrogens is 296 g/mol. The molecule has 2 aromatic heterocycles. The van der Waals surface area contributed by atoms with Gasteiger partial charge in [-0.2, -0.15) is 0 Å². The molecule has 0 radical (unpaired) electrons. The first-order chi connectivity index (χ1) is 11.0. The van der Waals surface area contributed by atoms with Crippen LogP contribution in [0.4, 0.5) is 0 Å². The molecule has 3 rings (SSSR count). The molecule has 0 aliphatic heterocycles. The average Bonchev–Trinajstić information content (AvgIpc) is 3.03. The van der Waals surface area contributed by atoms with Gasteiger partial charge < -0.3 is 13.6 Å². The van der Waals surface area contributed by atoms with Gasteiger partial charge in [-0.25, -0.2) is 0 Å². The van der Waals surface area contributed by atoms with Crippen LogP contribution in [0, 0.1) is 12.8 Å². The molecule has 0 atom stereocenters. The van der Waals surface area contributed by atoms with E-state index in [-0.39, 0.29) is 17.4 Å². The van der Waals surface area contributed by atoms with Crippen molar-refractivity contribution in [3.8, 4) is 17.3 Å². The Hall–Kier alpha value is -2.82. The summed E-state index contributed by atoms with van der Waals surface area (Å²) in [4.78, 5) is 24.7. The van der Waals surface area contributed by atoms with Crippen molar-refractivity contribution in [2.75, 3.05) is 0 Å². The second-order valence-corrected chi connectivity index (χ2v) is 5.64. The van der Waals surface area contributed by atoms with E-state index in [1.54, 1.807) is 44.2 Å². The van der Waals surface area contributed by atoms with Crippen molar-refractivity contribution in [2.24, 2.45) is 5.92 Å². The van der Waals surface area contributed by atoms with Gasteiger partial charge in [0.05, 0.1) is 17.6 Å². The van der Waals surface area contributed by atoms with Crippen LogP contribution >= 0.6 is 0 Å². The van der Waals surface area contributed by atoms with Crippen molar-refractivity contribution in [2.45, 2.75) is 20.8 Å². The fourth-order valence-electron chi connectivity index (χ4n) is 2.16. The summed E-state index contributed by atoms with van der Waals surface area (Å²) in [5.74, 6) is -0.566. The Kier molecular flexibility index (Phi) is 3.78. The first kappa shape index (κ1) is 15.1. The zero-order chi connectivity index (χ0) is 16.6. The molecule has 3 aromatic rings. The molecule has 0 saturated carbocycles. The molecule has 118 valence electrons. The Labute approximate surface area is 132 Å². The maximum Gasteiger partial charge on any atom is 0.314 e. The van der Waals surface area contributed by atoms with E-state index in [1.807, 2.05) is 6.92 Å². The second-order valence-electron chi connectivity index (χ2n) is 5.64. The van der Waals surface area contributed by atoms with Crippen LogP contribution in [0.2, 0.25) is 0 Å². The predicted octanol–water partition coefficient (Wildman–Crippen LogP) is 3.92. The van der Waals surface area contributed by atoms with Gasteiger partial charge in [0.2, 0.25) is 16.9 Å². The standard InChI is InChI=1S/C18H16O5/c1-10(2)18(20)23-17-15(19)12-7-6-11(3)9-14(12)22-16(17)13-5-4-8-21-13/h4-10H,1-3H3. The molecule has 0 aliphatic carbocycles. The number of rotatable bonds is 3. The van der Waals surface area contributed by atoms with Crippen molar-refractivity contribution in [1.29, 1.82) is 0 Å². The minimum atomic E-state index is -0.503. The zero-order valence-electron chi connectivity index (χ0n) is 13.1. The highest BCUT2D eigenvalue weighted by atomic mass is 16.5. The molecule has 0 aliphatic rings. The number of aryl methyl sites for hydroxylation is 1. The van der Waals surface area contributed by atoms with Crippen molar-refractivity contribution < 1.29 is 18.4 Å². The van der Waals surface area contributed by atoms with E-state index in [1.165, 1.54) is 6.26 Å². The van der Waals surface area contributed by atoms with Crippen LogP contribution in [0.25, 0.3) is 22.5 Å². The molecule has 2 heterocycles. The Bertz CT molecular complexity index is 916. The number of fused-ring (bicyclic) bond motifs is 1. The van der Waals surface area contributed by atoms with Crippen molar-refractivity contribution in [1.82, 2.24) is 0 Å². The Balaban J connectivity index is 2.28. The van der Waals surface area contributed by atoms with E-state index in [2.05, 4.69) is 0 Å². The third kappa shape index (κ3) is 2.77. The molecule has 0 unspecified atom stereocenters. The minimum absolute atomic E-state index is 0.118. The number of benzene rings is 1. The largest absolute Gasteiger partial charge is 0.461 e. The summed E-state index contributed by atoms with van der Waals surface area (Å²) in [6.45, 7) is 5.29. The smallest absolute Gasteiger partial charge is 0.314 e. The summed E-state index contributed by atoms with van der Waals surface area (Å²) < 4.78 is 16.4. The number of furan rings is 1. The third-order valence-electron chi connectivity index (χ3n) is 3.43. The Morgan fingerprint density at radius 2 is 2.00 bits per heavy atom. The number of esters is 1. The maximum atomic E-state index is 12.7. The third-order valence-corrected chi connectivity index (χ3v) is 3.43.